The van der Waals surface area contributed by atoms with E-state index in [1.165, 1.54) is 27.7 Å². The van der Waals surface area contributed by atoms with Crippen molar-refractivity contribution >= 4 is 22.6 Å². The maximum absolute atomic E-state index is 11.1. The first-order valence-electron chi connectivity index (χ1n) is 9.63. The highest BCUT2D eigenvalue weighted by molar-refractivity contribution is 5.86. The molecule has 2 aliphatic rings. The highest BCUT2D eigenvalue weighted by Gasteiger charge is 2.23. The molecule has 1 aromatic heterocycles. The van der Waals surface area contributed by atoms with E-state index in [1.54, 1.807) is 6.08 Å². The van der Waals surface area contributed by atoms with E-state index in [9.17, 15) is 4.79 Å². The minimum atomic E-state index is -0.753. The summed E-state index contributed by atoms with van der Waals surface area (Å²) in [5, 5.41) is 14.0. The fraction of sp³-hybridized carbons (Fsp3) is 0.348. The Kier molecular flexibility index (Phi) is 4.42. The third kappa shape index (κ3) is 3.20. The molecule has 2 N–H and O–H groups in total. The smallest absolute Gasteiger partial charge is 0.310 e. The number of rotatable bonds is 4. The predicted molar refractivity (Wildman–Crippen MR) is 110 cm³/mol. The van der Waals surface area contributed by atoms with Gasteiger partial charge < -0.3 is 15.0 Å². The van der Waals surface area contributed by atoms with Gasteiger partial charge in [-0.3, -0.25) is 4.79 Å². The van der Waals surface area contributed by atoms with Crippen LogP contribution < -0.4 is 5.32 Å². The molecule has 27 heavy (non-hydrogen) atoms. The second kappa shape index (κ2) is 6.76. The Morgan fingerprint density at radius 3 is 2.70 bits per heavy atom. The number of aryl methyl sites for hydroxylation is 1. The van der Waals surface area contributed by atoms with Crippen molar-refractivity contribution in [3.63, 3.8) is 0 Å². The molecule has 1 aromatic carbocycles. The highest BCUT2D eigenvalue weighted by Crippen LogP contribution is 2.30. The van der Waals surface area contributed by atoms with Gasteiger partial charge in [0.25, 0.3) is 0 Å². The van der Waals surface area contributed by atoms with E-state index in [1.807, 2.05) is 6.08 Å². The molecular formula is C23H26N2O2. The maximum atomic E-state index is 11.1. The Labute approximate surface area is 159 Å². The zero-order valence-electron chi connectivity index (χ0n) is 16.1. The average molecular weight is 362 g/mol. The van der Waals surface area contributed by atoms with Crippen molar-refractivity contribution in [2.45, 2.75) is 45.7 Å². The van der Waals surface area contributed by atoms with Gasteiger partial charge in [-0.25, -0.2) is 0 Å². The van der Waals surface area contributed by atoms with Crippen molar-refractivity contribution in [3.05, 3.63) is 65.4 Å². The molecule has 140 valence electrons. The SMILES string of the molecule is Cc1cc2cc(C3=CCC(C4=CCC(C(=O)O)C=C4)N3)ccc2n1C(C)C. The van der Waals surface area contributed by atoms with Crippen molar-refractivity contribution in [2.24, 2.45) is 5.92 Å². The molecular weight excluding hydrogens is 336 g/mol. The zero-order chi connectivity index (χ0) is 19.1. The first kappa shape index (κ1) is 17.7. The Balaban J connectivity index is 1.52. The molecule has 4 rings (SSSR count). The number of benzene rings is 1. The van der Waals surface area contributed by atoms with Crippen molar-refractivity contribution < 1.29 is 9.90 Å². The monoisotopic (exact) mass is 362 g/mol. The molecule has 0 amide bonds. The lowest BCUT2D eigenvalue weighted by Gasteiger charge is -2.19. The van der Waals surface area contributed by atoms with Gasteiger partial charge in [-0.2, -0.15) is 0 Å². The van der Waals surface area contributed by atoms with E-state index in [0.29, 0.717) is 12.5 Å². The molecule has 1 aliphatic heterocycles. The van der Waals surface area contributed by atoms with Gasteiger partial charge in [-0.15, -0.1) is 0 Å². The molecule has 0 saturated heterocycles. The summed E-state index contributed by atoms with van der Waals surface area (Å²) < 4.78 is 2.37. The van der Waals surface area contributed by atoms with Crippen LogP contribution in [0.5, 0.6) is 0 Å². The van der Waals surface area contributed by atoms with E-state index in [4.69, 9.17) is 5.11 Å². The van der Waals surface area contributed by atoms with E-state index in [2.05, 4.69) is 67.1 Å². The fourth-order valence-corrected chi connectivity index (χ4v) is 4.27. The number of hydrogen-bond acceptors (Lipinski definition) is 2. The lowest BCUT2D eigenvalue weighted by Crippen LogP contribution is -2.25. The minimum absolute atomic E-state index is 0.226. The topological polar surface area (TPSA) is 54.3 Å². The molecule has 1 aliphatic carbocycles. The Morgan fingerprint density at radius 2 is 2.04 bits per heavy atom. The van der Waals surface area contributed by atoms with E-state index in [0.717, 1.165) is 12.1 Å². The first-order chi connectivity index (χ1) is 12.9. The normalized spacial score (nSPS) is 22.1. The molecule has 2 aromatic rings. The number of allylic oxidation sites excluding steroid dienone is 1. The summed E-state index contributed by atoms with van der Waals surface area (Å²) >= 11 is 0. The van der Waals surface area contributed by atoms with E-state index < -0.39 is 11.9 Å². The van der Waals surface area contributed by atoms with Crippen LogP contribution in [0.25, 0.3) is 16.6 Å². The molecule has 0 bridgehead atoms. The number of fused-ring (bicyclic) bond motifs is 1. The van der Waals surface area contributed by atoms with Gasteiger partial charge in [0.05, 0.1) is 12.0 Å². The van der Waals surface area contributed by atoms with E-state index >= 15 is 0 Å². The van der Waals surface area contributed by atoms with Gasteiger partial charge in [0, 0.05) is 28.3 Å². The number of aromatic nitrogens is 1. The summed E-state index contributed by atoms with van der Waals surface area (Å²) in [6, 6.07) is 9.58. The third-order valence-electron chi connectivity index (χ3n) is 5.59. The van der Waals surface area contributed by atoms with Crippen LogP contribution in [0.3, 0.4) is 0 Å². The number of carbonyl (C=O) groups is 1. The molecule has 2 unspecified atom stereocenters. The largest absolute Gasteiger partial charge is 0.481 e. The Bertz CT molecular complexity index is 991. The Hall–Kier alpha value is -2.75. The van der Waals surface area contributed by atoms with Crippen LogP contribution in [0.1, 0.15) is 44.0 Å². The highest BCUT2D eigenvalue weighted by atomic mass is 16.4. The summed E-state index contributed by atoms with van der Waals surface area (Å²) in [5.74, 6) is -1.14. The third-order valence-corrected chi connectivity index (χ3v) is 5.59. The number of nitrogens with one attached hydrogen (secondary N) is 1. The number of hydrogen-bond donors (Lipinski definition) is 2. The molecule has 4 nitrogen and oxygen atoms in total. The van der Waals surface area contributed by atoms with Crippen LogP contribution >= 0.6 is 0 Å². The molecule has 4 heteroatoms. The van der Waals surface area contributed by atoms with Crippen LogP contribution in [0.2, 0.25) is 0 Å². The van der Waals surface area contributed by atoms with Crippen molar-refractivity contribution in [2.75, 3.05) is 0 Å². The van der Waals surface area contributed by atoms with Crippen molar-refractivity contribution in [1.29, 1.82) is 0 Å². The number of nitrogens with zero attached hydrogens (tertiary/aromatic N) is 1. The molecule has 2 heterocycles. The summed E-state index contributed by atoms with van der Waals surface area (Å²) in [6.07, 6.45) is 9.57. The van der Waals surface area contributed by atoms with Crippen LogP contribution in [-0.2, 0) is 4.79 Å². The molecule has 0 radical (unpaired) electrons. The molecule has 0 fully saturated rings. The second-order valence-corrected chi connectivity index (χ2v) is 7.82. The Morgan fingerprint density at radius 1 is 1.22 bits per heavy atom. The average Bonchev–Trinajstić information content (AvgIpc) is 3.24. The van der Waals surface area contributed by atoms with Crippen LogP contribution in [0.15, 0.2) is 54.1 Å². The zero-order valence-corrected chi connectivity index (χ0v) is 16.1. The maximum Gasteiger partial charge on any atom is 0.310 e. The number of carboxylic acids is 1. The van der Waals surface area contributed by atoms with Crippen LogP contribution in [0, 0.1) is 12.8 Å². The van der Waals surface area contributed by atoms with Crippen LogP contribution in [-0.4, -0.2) is 21.7 Å². The summed E-state index contributed by atoms with van der Waals surface area (Å²) in [7, 11) is 0. The molecule has 0 spiro atoms. The quantitative estimate of drug-likeness (QED) is 0.820. The lowest BCUT2D eigenvalue weighted by atomic mass is 9.93. The second-order valence-electron chi connectivity index (χ2n) is 7.82. The summed E-state index contributed by atoms with van der Waals surface area (Å²) in [5.41, 5.74) is 6.11. The van der Waals surface area contributed by atoms with Crippen molar-refractivity contribution in [3.8, 4) is 0 Å². The number of aliphatic carboxylic acids is 1. The number of carboxylic acid groups (broad SMARTS) is 1. The first-order valence-corrected chi connectivity index (χ1v) is 9.63. The van der Waals surface area contributed by atoms with Gasteiger partial charge in [-0.05, 0) is 62.9 Å². The van der Waals surface area contributed by atoms with Gasteiger partial charge in [0.2, 0.25) is 0 Å². The van der Waals surface area contributed by atoms with Gasteiger partial charge in [0.15, 0.2) is 0 Å². The molecule has 0 saturated carbocycles. The van der Waals surface area contributed by atoms with Crippen molar-refractivity contribution in [1.82, 2.24) is 9.88 Å². The van der Waals surface area contributed by atoms with Crippen LogP contribution in [0.4, 0.5) is 0 Å². The summed E-state index contributed by atoms with van der Waals surface area (Å²) in [6.45, 7) is 6.59. The fourth-order valence-electron chi connectivity index (χ4n) is 4.27. The van der Waals surface area contributed by atoms with Gasteiger partial charge in [-0.1, -0.05) is 30.4 Å². The van der Waals surface area contributed by atoms with E-state index in [-0.39, 0.29) is 6.04 Å². The van der Waals surface area contributed by atoms with Gasteiger partial charge >= 0.3 is 5.97 Å². The lowest BCUT2D eigenvalue weighted by molar-refractivity contribution is -0.139. The predicted octanol–water partition coefficient (Wildman–Crippen LogP) is 4.82. The standard InChI is InChI=1S/C23H26N2O2/c1-14(2)25-15(3)12-19-13-18(8-11-22(19)25)21-10-9-20(24-21)16-4-6-17(7-5-16)23(26)27/h4-6,8,10-14,17,20,24H,7,9H2,1-3H3,(H,26,27). The summed E-state index contributed by atoms with van der Waals surface area (Å²) in [4.78, 5) is 11.1. The molecule has 2 atom stereocenters. The van der Waals surface area contributed by atoms with Gasteiger partial charge in [0.1, 0.15) is 0 Å². The minimum Gasteiger partial charge on any atom is -0.481 e.